The number of benzene rings is 1. The Kier molecular flexibility index (Phi) is 5.90. The van der Waals surface area contributed by atoms with E-state index >= 15 is 0 Å². The Labute approximate surface area is 144 Å². The summed E-state index contributed by atoms with van der Waals surface area (Å²) in [6.45, 7) is 6.54. The molecule has 0 fully saturated rings. The third-order valence-electron chi connectivity index (χ3n) is 3.12. The van der Waals surface area contributed by atoms with Crippen molar-refractivity contribution in [1.82, 2.24) is 20.2 Å². The molecule has 1 aromatic heterocycles. The Hall–Kier alpha value is -1.73. The van der Waals surface area contributed by atoms with E-state index < -0.39 is 0 Å². The van der Waals surface area contributed by atoms with Crippen LogP contribution < -0.4 is 11.2 Å². The van der Waals surface area contributed by atoms with Gasteiger partial charge in [-0.05, 0) is 25.0 Å². The first-order valence-electron chi connectivity index (χ1n) is 7.30. The van der Waals surface area contributed by atoms with E-state index in [1.54, 1.807) is 6.07 Å². The average molecular weight is 354 g/mol. The number of nitrogen functional groups attached to an aromatic ring is 1. The number of carbonyl (C=O) groups excluding carboxylic acids is 1. The second-order valence-electron chi connectivity index (χ2n) is 5.56. The highest BCUT2D eigenvalue weighted by Gasteiger charge is 2.20. The first-order chi connectivity index (χ1) is 10.9. The number of hydrogen-bond donors (Lipinski definition) is 2. The largest absolute Gasteiger partial charge is 0.355 e. The summed E-state index contributed by atoms with van der Waals surface area (Å²) < 4.78 is 1.36. The lowest BCUT2D eigenvalue weighted by Gasteiger charge is -2.12. The van der Waals surface area contributed by atoms with E-state index in [1.807, 2.05) is 39.0 Å². The molecule has 2 aromatic rings. The van der Waals surface area contributed by atoms with Gasteiger partial charge in [0.2, 0.25) is 11.1 Å². The molecule has 0 saturated heterocycles. The smallest absolute Gasteiger partial charge is 0.233 e. The summed E-state index contributed by atoms with van der Waals surface area (Å²) in [5.74, 6) is 6.87. The molecule has 1 aromatic carbocycles. The molecule has 0 bridgehead atoms. The van der Waals surface area contributed by atoms with Gasteiger partial charge in [-0.25, -0.2) is 4.68 Å². The first-order valence-corrected chi connectivity index (χ1v) is 8.55. The molecule has 124 valence electrons. The van der Waals surface area contributed by atoms with Gasteiger partial charge in [0.1, 0.15) is 0 Å². The third-order valence-corrected chi connectivity index (χ3v) is 4.50. The zero-order valence-corrected chi connectivity index (χ0v) is 14.9. The molecule has 0 spiro atoms. The highest BCUT2D eigenvalue weighted by Crippen LogP contribution is 2.28. The molecule has 3 N–H and O–H groups in total. The molecular weight excluding hydrogens is 334 g/mol. The highest BCUT2D eigenvalue weighted by atomic mass is 35.5. The molecule has 0 aliphatic rings. The molecule has 6 nitrogen and oxygen atoms in total. The summed E-state index contributed by atoms with van der Waals surface area (Å²) in [6.07, 6.45) is 0. The van der Waals surface area contributed by atoms with E-state index in [1.165, 1.54) is 16.4 Å². The number of rotatable bonds is 6. The maximum atomic E-state index is 12.0. The van der Waals surface area contributed by atoms with Crippen molar-refractivity contribution in [3.05, 3.63) is 29.3 Å². The van der Waals surface area contributed by atoms with Crippen LogP contribution in [-0.2, 0) is 4.79 Å². The topological polar surface area (TPSA) is 85.8 Å². The van der Waals surface area contributed by atoms with Crippen LogP contribution in [0.15, 0.2) is 29.4 Å². The van der Waals surface area contributed by atoms with Gasteiger partial charge in [0.15, 0.2) is 5.82 Å². The van der Waals surface area contributed by atoms with Gasteiger partial charge in [-0.1, -0.05) is 49.3 Å². The SMILES string of the molecule is CC(C)CNC(=O)[C@@H](C)Sc1nnc(-c2ccccc2Cl)n1N. The molecule has 0 unspecified atom stereocenters. The summed E-state index contributed by atoms with van der Waals surface area (Å²) >= 11 is 7.42. The Morgan fingerprint density at radius 1 is 1.35 bits per heavy atom. The van der Waals surface area contributed by atoms with Crippen molar-refractivity contribution in [1.29, 1.82) is 0 Å². The van der Waals surface area contributed by atoms with Gasteiger partial charge in [0, 0.05) is 12.1 Å². The summed E-state index contributed by atoms with van der Waals surface area (Å²) in [5.41, 5.74) is 0.702. The van der Waals surface area contributed by atoms with E-state index in [-0.39, 0.29) is 11.2 Å². The summed E-state index contributed by atoms with van der Waals surface area (Å²) in [7, 11) is 0. The zero-order valence-electron chi connectivity index (χ0n) is 13.3. The van der Waals surface area contributed by atoms with Crippen LogP contribution in [0, 0.1) is 5.92 Å². The molecule has 8 heteroatoms. The molecule has 1 heterocycles. The maximum Gasteiger partial charge on any atom is 0.233 e. The standard InChI is InChI=1S/C15H20ClN5OS/c1-9(2)8-18-14(22)10(3)23-15-20-19-13(21(15)17)11-6-4-5-7-12(11)16/h4-7,9-10H,8,17H2,1-3H3,(H,18,22)/t10-/m1/s1. The number of halogens is 1. The van der Waals surface area contributed by atoms with Gasteiger partial charge in [0.25, 0.3) is 0 Å². The minimum Gasteiger partial charge on any atom is -0.355 e. The fourth-order valence-corrected chi connectivity index (χ4v) is 2.86. The van der Waals surface area contributed by atoms with Crippen LogP contribution in [0.3, 0.4) is 0 Å². The van der Waals surface area contributed by atoms with Crippen LogP contribution in [0.4, 0.5) is 0 Å². The van der Waals surface area contributed by atoms with E-state index in [9.17, 15) is 4.79 Å². The van der Waals surface area contributed by atoms with Gasteiger partial charge < -0.3 is 11.2 Å². The molecule has 0 radical (unpaired) electrons. The van der Waals surface area contributed by atoms with Crippen molar-refractivity contribution >= 4 is 29.3 Å². The number of nitrogens with two attached hydrogens (primary N) is 1. The van der Waals surface area contributed by atoms with Crippen LogP contribution >= 0.6 is 23.4 Å². The van der Waals surface area contributed by atoms with Gasteiger partial charge in [-0.3, -0.25) is 4.79 Å². The molecule has 0 saturated carbocycles. The lowest BCUT2D eigenvalue weighted by molar-refractivity contribution is -0.120. The minimum atomic E-state index is -0.320. The zero-order chi connectivity index (χ0) is 17.0. The van der Waals surface area contributed by atoms with Gasteiger partial charge in [0.05, 0.1) is 10.3 Å². The van der Waals surface area contributed by atoms with Crippen LogP contribution in [-0.4, -0.2) is 32.6 Å². The van der Waals surface area contributed by atoms with Crippen molar-refractivity contribution in [2.24, 2.45) is 5.92 Å². The molecule has 23 heavy (non-hydrogen) atoms. The van der Waals surface area contributed by atoms with E-state index in [4.69, 9.17) is 17.4 Å². The van der Waals surface area contributed by atoms with Gasteiger partial charge in [-0.2, -0.15) is 0 Å². The monoisotopic (exact) mass is 353 g/mol. The lowest BCUT2D eigenvalue weighted by atomic mass is 10.2. The van der Waals surface area contributed by atoms with E-state index in [2.05, 4.69) is 15.5 Å². The predicted molar refractivity (Wildman–Crippen MR) is 93.8 cm³/mol. The van der Waals surface area contributed by atoms with E-state index in [0.717, 1.165) is 0 Å². The molecule has 1 atom stereocenters. The number of carbonyl (C=O) groups is 1. The van der Waals surface area contributed by atoms with Crippen molar-refractivity contribution in [2.45, 2.75) is 31.2 Å². The first kappa shape index (κ1) is 17.6. The second kappa shape index (κ2) is 7.70. The Balaban J connectivity index is 2.11. The highest BCUT2D eigenvalue weighted by molar-refractivity contribution is 8.00. The number of nitrogens with zero attached hydrogens (tertiary/aromatic N) is 3. The molecular formula is C15H20ClN5OS. The Bertz CT molecular complexity index is 688. The normalized spacial score (nSPS) is 12.4. The maximum absolute atomic E-state index is 12.0. The molecule has 0 aliphatic heterocycles. The lowest BCUT2D eigenvalue weighted by Crippen LogP contribution is -2.33. The fraction of sp³-hybridized carbons (Fsp3) is 0.400. The van der Waals surface area contributed by atoms with Gasteiger partial charge >= 0.3 is 0 Å². The summed E-state index contributed by atoms with van der Waals surface area (Å²) in [6, 6.07) is 7.27. The van der Waals surface area contributed by atoms with Crippen LogP contribution in [0.1, 0.15) is 20.8 Å². The average Bonchev–Trinajstić information content (AvgIpc) is 2.86. The van der Waals surface area contributed by atoms with Crippen molar-refractivity contribution in [3.63, 3.8) is 0 Å². The third kappa shape index (κ3) is 4.39. The number of aromatic nitrogens is 3. The quantitative estimate of drug-likeness (QED) is 0.615. The van der Waals surface area contributed by atoms with Crippen molar-refractivity contribution < 1.29 is 4.79 Å². The van der Waals surface area contributed by atoms with Crippen LogP contribution in [0.25, 0.3) is 11.4 Å². The number of hydrogen-bond acceptors (Lipinski definition) is 5. The molecule has 0 aliphatic carbocycles. The number of nitrogens with one attached hydrogen (secondary N) is 1. The fourth-order valence-electron chi connectivity index (χ4n) is 1.84. The van der Waals surface area contributed by atoms with Crippen molar-refractivity contribution in [2.75, 3.05) is 12.4 Å². The summed E-state index contributed by atoms with van der Waals surface area (Å²) in [4.78, 5) is 12.0. The number of thioether (sulfide) groups is 1. The van der Waals surface area contributed by atoms with Crippen molar-refractivity contribution in [3.8, 4) is 11.4 Å². The second-order valence-corrected chi connectivity index (χ2v) is 7.27. The minimum absolute atomic E-state index is 0.0500. The predicted octanol–water partition coefficient (Wildman–Crippen LogP) is 2.57. The van der Waals surface area contributed by atoms with Crippen LogP contribution in [0.5, 0.6) is 0 Å². The van der Waals surface area contributed by atoms with Crippen LogP contribution in [0.2, 0.25) is 5.02 Å². The molecule has 2 rings (SSSR count). The Morgan fingerprint density at radius 2 is 2.04 bits per heavy atom. The van der Waals surface area contributed by atoms with Gasteiger partial charge in [-0.15, -0.1) is 10.2 Å². The Morgan fingerprint density at radius 3 is 2.70 bits per heavy atom. The number of amides is 1. The molecule has 1 amide bonds. The summed E-state index contributed by atoms with van der Waals surface area (Å²) in [5, 5.41) is 11.7. The van der Waals surface area contributed by atoms with E-state index in [0.29, 0.717) is 34.0 Å².